The zero-order valence-corrected chi connectivity index (χ0v) is 21.7. The van der Waals surface area contributed by atoms with Crippen molar-refractivity contribution in [1.29, 1.82) is 5.26 Å². The molecule has 0 aliphatic rings. The van der Waals surface area contributed by atoms with E-state index in [0.29, 0.717) is 33.8 Å². The number of fused-ring (bicyclic) bond motifs is 2. The van der Waals surface area contributed by atoms with Gasteiger partial charge in [0.1, 0.15) is 17.8 Å². The molecule has 11 heteroatoms. The Kier molecular flexibility index (Phi) is 6.45. The maximum absolute atomic E-state index is 13.4. The number of hydrogen-bond donors (Lipinski definition) is 1. The van der Waals surface area contributed by atoms with E-state index in [1.165, 1.54) is 11.0 Å². The third kappa shape index (κ3) is 4.87. The Bertz CT molecular complexity index is 1860. The van der Waals surface area contributed by atoms with Crippen LogP contribution in [0.4, 0.5) is 5.69 Å². The molecule has 0 saturated carbocycles. The number of benzene rings is 2. The van der Waals surface area contributed by atoms with Crippen LogP contribution in [0.15, 0.2) is 62.2 Å². The summed E-state index contributed by atoms with van der Waals surface area (Å²) in [6.07, 6.45) is 0. The van der Waals surface area contributed by atoms with Crippen molar-refractivity contribution in [3.63, 3.8) is 0 Å². The molecule has 2 amide bonds. The first kappa shape index (κ1) is 25.4. The normalized spacial score (nSPS) is 11.2. The molecule has 5 rings (SSSR count). The summed E-state index contributed by atoms with van der Waals surface area (Å²) in [6, 6.07) is 15.0. The number of hydrogen-bond acceptors (Lipinski definition) is 8. The average molecular weight is 525 g/mol. The Morgan fingerprint density at radius 1 is 1.15 bits per heavy atom. The third-order valence-electron chi connectivity index (χ3n) is 6.07. The number of carbonyl (C=O) groups excluding carboxylic acids is 2. The van der Waals surface area contributed by atoms with E-state index >= 15 is 0 Å². The number of furan rings is 1. The Morgan fingerprint density at radius 2 is 1.95 bits per heavy atom. The number of nitriles is 1. The van der Waals surface area contributed by atoms with E-state index in [0.717, 1.165) is 4.68 Å². The molecule has 0 bridgehead atoms. The van der Waals surface area contributed by atoms with Crippen LogP contribution in [0, 0.1) is 18.3 Å². The minimum atomic E-state index is -0.597. The number of amides is 2. The van der Waals surface area contributed by atoms with Crippen molar-refractivity contribution < 1.29 is 18.4 Å². The zero-order valence-electron chi connectivity index (χ0n) is 21.7. The van der Waals surface area contributed by atoms with Gasteiger partial charge in [0.2, 0.25) is 5.91 Å². The van der Waals surface area contributed by atoms with Crippen molar-refractivity contribution >= 4 is 39.6 Å². The number of carbonyl (C=O) groups is 2. The van der Waals surface area contributed by atoms with Gasteiger partial charge in [0.05, 0.1) is 17.0 Å². The Balaban J connectivity index is 1.58. The summed E-state index contributed by atoms with van der Waals surface area (Å²) in [6.45, 7) is 4.96. The monoisotopic (exact) mass is 524 g/mol. The number of nitrogens with zero attached hydrogens (tertiary/aromatic N) is 5. The molecule has 0 saturated heterocycles. The van der Waals surface area contributed by atoms with Crippen molar-refractivity contribution in [2.75, 3.05) is 11.9 Å². The summed E-state index contributed by atoms with van der Waals surface area (Å²) in [5.41, 5.74) is 2.33. The zero-order chi connectivity index (χ0) is 27.8. The molecule has 2 aromatic carbocycles. The average Bonchev–Trinajstić information content (AvgIpc) is 3.52. The highest BCUT2D eigenvalue weighted by molar-refractivity contribution is 5.99. The molecule has 1 N–H and O–H groups in total. The van der Waals surface area contributed by atoms with E-state index in [4.69, 9.17) is 8.83 Å². The van der Waals surface area contributed by atoms with Crippen LogP contribution < -0.4 is 15.8 Å². The molecular formula is C28H24N6O5. The lowest BCUT2D eigenvalue weighted by atomic mass is 10.1. The largest absolute Gasteiger partial charge is 0.448 e. The number of oxazole rings is 1. The van der Waals surface area contributed by atoms with E-state index in [2.05, 4.69) is 21.5 Å². The SMILES string of the molecule is Cc1nc2ccc(N(C)C(=O)Cn3nc(-c4cccc(C#N)c4)c4oc(C(=O)NC(C)C)cc4c3=O)cc2o1. The predicted molar refractivity (Wildman–Crippen MR) is 143 cm³/mol. The van der Waals surface area contributed by atoms with Gasteiger partial charge in [-0.1, -0.05) is 12.1 Å². The molecular weight excluding hydrogens is 500 g/mol. The van der Waals surface area contributed by atoms with Gasteiger partial charge in [0.25, 0.3) is 11.5 Å². The number of rotatable bonds is 6. The summed E-state index contributed by atoms with van der Waals surface area (Å²) in [4.78, 5) is 45.0. The van der Waals surface area contributed by atoms with Crippen LogP contribution in [-0.4, -0.2) is 39.7 Å². The molecule has 11 nitrogen and oxygen atoms in total. The second-order valence-electron chi connectivity index (χ2n) is 9.32. The third-order valence-corrected chi connectivity index (χ3v) is 6.07. The van der Waals surface area contributed by atoms with Gasteiger partial charge < -0.3 is 19.1 Å². The van der Waals surface area contributed by atoms with Crippen molar-refractivity contribution in [2.45, 2.75) is 33.4 Å². The summed E-state index contributed by atoms with van der Waals surface area (Å²) in [5, 5.41) is 16.6. The maximum Gasteiger partial charge on any atom is 0.287 e. The summed E-state index contributed by atoms with van der Waals surface area (Å²) in [5.74, 6) is -0.461. The van der Waals surface area contributed by atoms with Crippen LogP contribution in [-0.2, 0) is 11.3 Å². The highest BCUT2D eigenvalue weighted by Crippen LogP contribution is 2.28. The van der Waals surface area contributed by atoms with Gasteiger partial charge in [-0.2, -0.15) is 10.4 Å². The highest BCUT2D eigenvalue weighted by Gasteiger charge is 2.23. The van der Waals surface area contributed by atoms with E-state index in [-0.39, 0.29) is 35.0 Å². The lowest BCUT2D eigenvalue weighted by molar-refractivity contribution is -0.119. The van der Waals surface area contributed by atoms with Gasteiger partial charge in [-0.05, 0) is 38.1 Å². The molecule has 196 valence electrons. The minimum absolute atomic E-state index is 0.0628. The Labute approximate surface area is 222 Å². The van der Waals surface area contributed by atoms with Gasteiger partial charge in [-0.25, -0.2) is 9.67 Å². The molecule has 3 aromatic heterocycles. The van der Waals surface area contributed by atoms with Gasteiger partial charge in [0, 0.05) is 43.4 Å². The number of nitrogens with one attached hydrogen (secondary N) is 1. The summed E-state index contributed by atoms with van der Waals surface area (Å²) in [7, 11) is 1.58. The molecule has 0 atom stereocenters. The first-order chi connectivity index (χ1) is 18.6. The molecule has 0 aliphatic carbocycles. The fourth-order valence-electron chi connectivity index (χ4n) is 4.17. The molecule has 0 spiro atoms. The van der Waals surface area contributed by atoms with E-state index in [1.807, 2.05) is 0 Å². The first-order valence-electron chi connectivity index (χ1n) is 12.1. The lowest BCUT2D eigenvalue weighted by Crippen LogP contribution is -2.35. The second kappa shape index (κ2) is 9.90. The molecule has 5 aromatic rings. The predicted octanol–water partition coefficient (Wildman–Crippen LogP) is 3.78. The summed E-state index contributed by atoms with van der Waals surface area (Å²) >= 11 is 0. The van der Waals surface area contributed by atoms with E-state index in [1.54, 1.807) is 70.3 Å². The van der Waals surface area contributed by atoms with Gasteiger partial charge in [-0.15, -0.1) is 0 Å². The van der Waals surface area contributed by atoms with Gasteiger partial charge >= 0.3 is 0 Å². The number of anilines is 1. The highest BCUT2D eigenvalue weighted by atomic mass is 16.4. The van der Waals surface area contributed by atoms with Crippen LogP contribution in [0.2, 0.25) is 0 Å². The van der Waals surface area contributed by atoms with Crippen molar-refractivity contribution in [3.8, 4) is 17.3 Å². The maximum atomic E-state index is 13.4. The van der Waals surface area contributed by atoms with Crippen molar-refractivity contribution in [2.24, 2.45) is 0 Å². The summed E-state index contributed by atoms with van der Waals surface area (Å²) < 4.78 is 12.4. The van der Waals surface area contributed by atoms with Gasteiger partial charge in [0.15, 0.2) is 22.8 Å². The molecule has 0 aliphatic heterocycles. The Hall–Kier alpha value is -5.24. The molecule has 0 unspecified atom stereocenters. The van der Waals surface area contributed by atoms with Crippen LogP contribution in [0.1, 0.15) is 35.9 Å². The quantitative estimate of drug-likeness (QED) is 0.353. The number of aromatic nitrogens is 3. The molecule has 3 heterocycles. The Morgan fingerprint density at radius 3 is 2.69 bits per heavy atom. The number of aryl methyl sites for hydroxylation is 1. The topological polar surface area (TPSA) is 147 Å². The standard InChI is InChI=1S/C28H24N6O5/c1-15(2)30-27(36)23-12-20-26(39-23)25(18-7-5-6-17(10-18)13-29)32-34(28(20)37)14-24(35)33(4)19-8-9-21-22(11-19)38-16(3)31-21/h5-12,15H,14H2,1-4H3,(H,30,36). The fourth-order valence-corrected chi connectivity index (χ4v) is 4.17. The van der Waals surface area contributed by atoms with Crippen LogP contribution >= 0.6 is 0 Å². The number of likely N-dealkylation sites (N-methyl/N-ethyl adjacent to an activating group) is 1. The first-order valence-corrected chi connectivity index (χ1v) is 12.1. The fraction of sp³-hybridized carbons (Fsp3) is 0.214. The smallest absolute Gasteiger partial charge is 0.287 e. The molecule has 0 fully saturated rings. The molecule has 0 radical (unpaired) electrons. The van der Waals surface area contributed by atoms with Crippen LogP contribution in [0.3, 0.4) is 0 Å². The van der Waals surface area contributed by atoms with Crippen LogP contribution in [0.25, 0.3) is 33.3 Å². The van der Waals surface area contributed by atoms with E-state index < -0.39 is 17.4 Å². The second-order valence-corrected chi connectivity index (χ2v) is 9.32. The van der Waals surface area contributed by atoms with Crippen molar-refractivity contribution in [1.82, 2.24) is 20.1 Å². The van der Waals surface area contributed by atoms with Crippen molar-refractivity contribution in [3.05, 3.63) is 76.1 Å². The minimum Gasteiger partial charge on any atom is -0.448 e. The van der Waals surface area contributed by atoms with E-state index in [9.17, 15) is 19.6 Å². The molecule has 39 heavy (non-hydrogen) atoms. The van der Waals surface area contributed by atoms with Gasteiger partial charge in [-0.3, -0.25) is 14.4 Å². The lowest BCUT2D eigenvalue weighted by Gasteiger charge is -2.18. The van der Waals surface area contributed by atoms with Crippen LogP contribution in [0.5, 0.6) is 0 Å².